The molecule has 0 aliphatic carbocycles. The molecule has 0 aliphatic rings. The number of nitrogens with one attached hydrogen (secondary N) is 1. The number of ether oxygens (including phenoxy) is 1. The molecule has 10 nitrogen and oxygen atoms in total. The van der Waals surface area contributed by atoms with E-state index in [0.717, 1.165) is 0 Å². The topological polar surface area (TPSA) is 141 Å². The molecule has 2 heterocycles. The van der Waals surface area contributed by atoms with E-state index < -0.39 is 17.6 Å². The van der Waals surface area contributed by atoms with Crippen molar-refractivity contribution in [3.63, 3.8) is 0 Å². The van der Waals surface area contributed by atoms with Crippen LogP contribution in [0.3, 0.4) is 0 Å². The third kappa shape index (κ3) is 5.73. The number of rotatable bonds is 7. The Hall–Kier alpha value is -4.91. The Labute approximate surface area is 220 Å². The number of amides is 1. The first-order chi connectivity index (χ1) is 18.1. The van der Waals surface area contributed by atoms with E-state index in [4.69, 9.17) is 10.5 Å². The third-order valence-electron chi connectivity index (χ3n) is 5.58. The highest BCUT2D eigenvalue weighted by Crippen LogP contribution is 2.25. The number of hydrogen-bond donors (Lipinski definition) is 2. The summed E-state index contributed by atoms with van der Waals surface area (Å²) in [5.41, 5.74) is 6.70. The van der Waals surface area contributed by atoms with Crippen molar-refractivity contribution < 1.29 is 9.53 Å². The molecule has 0 spiro atoms. The van der Waals surface area contributed by atoms with E-state index in [1.807, 2.05) is 57.2 Å². The van der Waals surface area contributed by atoms with Crippen LogP contribution >= 0.6 is 0 Å². The fourth-order valence-corrected chi connectivity index (χ4v) is 4.00. The molecular formula is C28H29N7O3. The van der Waals surface area contributed by atoms with Crippen molar-refractivity contribution in [3.8, 4) is 23.3 Å². The van der Waals surface area contributed by atoms with Crippen LogP contribution < -0.4 is 21.5 Å². The first-order valence-corrected chi connectivity index (χ1v) is 12.1. The molecule has 0 radical (unpaired) electrons. The van der Waals surface area contributed by atoms with Gasteiger partial charge in [-0.05, 0) is 48.7 Å². The molecule has 0 aliphatic heterocycles. The summed E-state index contributed by atoms with van der Waals surface area (Å²) in [6, 6.07) is 17.8. The van der Waals surface area contributed by atoms with Crippen LogP contribution in [0.1, 0.15) is 27.7 Å². The Morgan fingerprint density at radius 2 is 1.79 bits per heavy atom. The molecule has 0 saturated heterocycles. The van der Waals surface area contributed by atoms with Gasteiger partial charge in [0.2, 0.25) is 0 Å². The van der Waals surface area contributed by atoms with Gasteiger partial charge in [0.05, 0.1) is 5.69 Å². The number of carbonyl (C=O) groups is 1. The molecule has 4 rings (SSSR count). The van der Waals surface area contributed by atoms with Gasteiger partial charge in [0, 0.05) is 12.6 Å². The summed E-state index contributed by atoms with van der Waals surface area (Å²) in [6.07, 6.45) is 2.91. The standard InChI is InChI=1S/C28H29N7O3/c1-18(33-26(36)19(15-29)14-28(2,3)4)16-34-25-23(24(30)31-17-32-25)35(27(34)37)20-10-12-22(13-11-20)38-21-8-6-5-7-9-21/h5-14,17-18H,16H2,1-4H3,(H,33,36)(H2,30,31,32). The van der Waals surface area contributed by atoms with Gasteiger partial charge in [-0.25, -0.2) is 14.8 Å². The fourth-order valence-electron chi connectivity index (χ4n) is 4.00. The zero-order valence-corrected chi connectivity index (χ0v) is 21.7. The van der Waals surface area contributed by atoms with Crippen molar-refractivity contribution in [2.75, 3.05) is 5.73 Å². The predicted molar refractivity (Wildman–Crippen MR) is 145 cm³/mol. The van der Waals surface area contributed by atoms with E-state index in [1.54, 1.807) is 37.3 Å². The van der Waals surface area contributed by atoms with Crippen LogP contribution in [-0.2, 0) is 11.3 Å². The summed E-state index contributed by atoms with van der Waals surface area (Å²) in [5, 5.41) is 12.2. The van der Waals surface area contributed by atoms with E-state index >= 15 is 0 Å². The Balaban J connectivity index is 1.65. The van der Waals surface area contributed by atoms with Crippen LogP contribution in [0.5, 0.6) is 11.5 Å². The van der Waals surface area contributed by atoms with Gasteiger partial charge in [-0.1, -0.05) is 45.0 Å². The van der Waals surface area contributed by atoms with E-state index in [2.05, 4.69) is 15.3 Å². The third-order valence-corrected chi connectivity index (χ3v) is 5.58. The SMILES string of the molecule is CC(Cn1c(=O)n(-c2ccc(Oc3ccccc3)cc2)c2c(N)ncnc21)NC(=O)C(C#N)=CC(C)(C)C. The molecule has 0 saturated carbocycles. The number of hydrogen-bond acceptors (Lipinski definition) is 7. The van der Waals surface area contributed by atoms with E-state index in [0.29, 0.717) is 28.4 Å². The average Bonchev–Trinajstić information content (AvgIpc) is 3.15. The molecule has 194 valence electrons. The van der Waals surface area contributed by atoms with Gasteiger partial charge in [0.25, 0.3) is 5.91 Å². The van der Waals surface area contributed by atoms with Gasteiger partial charge in [0.15, 0.2) is 11.5 Å². The minimum atomic E-state index is -0.505. The lowest BCUT2D eigenvalue weighted by molar-refractivity contribution is -0.117. The summed E-state index contributed by atoms with van der Waals surface area (Å²) in [6.45, 7) is 7.56. The monoisotopic (exact) mass is 511 g/mol. The van der Waals surface area contributed by atoms with Crippen molar-refractivity contribution in [1.29, 1.82) is 5.26 Å². The Kier molecular flexibility index (Phi) is 7.30. The molecule has 38 heavy (non-hydrogen) atoms. The number of benzene rings is 2. The van der Waals surface area contributed by atoms with Gasteiger partial charge >= 0.3 is 5.69 Å². The molecule has 3 N–H and O–H groups in total. The summed E-state index contributed by atoms with van der Waals surface area (Å²) in [7, 11) is 0. The summed E-state index contributed by atoms with van der Waals surface area (Å²) < 4.78 is 8.73. The molecule has 10 heteroatoms. The van der Waals surface area contributed by atoms with Crippen LogP contribution in [0.2, 0.25) is 0 Å². The number of nitrogen functional groups attached to an aromatic ring is 1. The highest BCUT2D eigenvalue weighted by atomic mass is 16.5. The lowest BCUT2D eigenvalue weighted by Crippen LogP contribution is -2.39. The van der Waals surface area contributed by atoms with Crippen LogP contribution in [0.25, 0.3) is 16.9 Å². The highest BCUT2D eigenvalue weighted by Gasteiger charge is 2.22. The summed E-state index contributed by atoms with van der Waals surface area (Å²) in [5.74, 6) is 0.940. The fraction of sp³-hybridized carbons (Fsp3) is 0.250. The smallest absolute Gasteiger partial charge is 0.335 e. The van der Waals surface area contributed by atoms with Gasteiger partial charge in [-0.3, -0.25) is 13.9 Å². The Bertz CT molecular complexity index is 1590. The molecule has 4 aromatic rings. The number of nitrogens with two attached hydrogens (primary N) is 1. The number of para-hydroxylation sites is 1. The maximum absolute atomic E-state index is 13.6. The van der Waals surface area contributed by atoms with E-state index in [-0.39, 0.29) is 23.4 Å². The number of anilines is 1. The molecule has 2 aromatic heterocycles. The number of carbonyl (C=O) groups excluding carboxylic acids is 1. The summed E-state index contributed by atoms with van der Waals surface area (Å²) in [4.78, 5) is 34.7. The lowest BCUT2D eigenvalue weighted by atomic mass is 9.93. The van der Waals surface area contributed by atoms with Crippen molar-refractivity contribution in [2.24, 2.45) is 5.41 Å². The van der Waals surface area contributed by atoms with Crippen LogP contribution in [0.4, 0.5) is 5.82 Å². The van der Waals surface area contributed by atoms with Gasteiger partial charge in [-0.2, -0.15) is 5.26 Å². The Morgan fingerprint density at radius 3 is 2.42 bits per heavy atom. The van der Waals surface area contributed by atoms with Crippen molar-refractivity contribution >= 4 is 22.9 Å². The van der Waals surface area contributed by atoms with Crippen molar-refractivity contribution in [1.82, 2.24) is 24.4 Å². The minimum absolute atomic E-state index is 0.0171. The average molecular weight is 512 g/mol. The first-order valence-electron chi connectivity index (χ1n) is 12.1. The van der Waals surface area contributed by atoms with Crippen LogP contribution in [-0.4, -0.2) is 31.1 Å². The molecule has 1 atom stereocenters. The minimum Gasteiger partial charge on any atom is -0.457 e. The molecular weight excluding hydrogens is 482 g/mol. The van der Waals surface area contributed by atoms with E-state index in [9.17, 15) is 14.9 Å². The quantitative estimate of drug-likeness (QED) is 0.283. The zero-order valence-electron chi connectivity index (χ0n) is 21.7. The Morgan fingerprint density at radius 1 is 1.13 bits per heavy atom. The van der Waals surface area contributed by atoms with Gasteiger partial charge < -0.3 is 15.8 Å². The number of allylic oxidation sites excluding steroid dienone is 1. The van der Waals surface area contributed by atoms with Gasteiger partial charge in [0.1, 0.15) is 35.0 Å². The highest BCUT2D eigenvalue weighted by molar-refractivity contribution is 5.97. The number of imidazole rings is 1. The van der Waals surface area contributed by atoms with Crippen LogP contribution in [0.15, 0.2) is 77.4 Å². The predicted octanol–water partition coefficient (Wildman–Crippen LogP) is 3.96. The number of aromatic nitrogens is 4. The molecule has 0 bridgehead atoms. The molecule has 1 unspecified atom stereocenters. The lowest BCUT2D eigenvalue weighted by Gasteiger charge is -2.16. The largest absolute Gasteiger partial charge is 0.457 e. The first kappa shape index (κ1) is 26.2. The normalized spacial score (nSPS) is 12.7. The number of nitrogens with zero attached hydrogens (tertiary/aromatic N) is 5. The maximum Gasteiger partial charge on any atom is 0.335 e. The van der Waals surface area contributed by atoms with Crippen molar-refractivity contribution in [3.05, 3.63) is 83.1 Å². The van der Waals surface area contributed by atoms with Crippen LogP contribution in [0, 0.1) is 16.7 Å². The molecule has 2 aromatic carbocycles. The van der Waals surface area contributed by atoms with Crippen molar-refractivity contribution in [2.45, 2.75) is 40.3 Å². The summed E-state index contributed by atoms with van der Waals surface area (Å²) >= 11 is 0. The molecule has 1 amide bonds. The number of fused-ring (bicyclic) bond motifs is 1. The second-order valence-electron chi connectivity index (χ2n) is 9.98. The second kappa shape index (κ2) is 10.6. The van der Waals surface area contributed by atoms with Gasteiger partial charge in [-0.15, -0.1) is 0 Å². The zero-order chi connectivity index (χ0) is 27.4. The second-order valence-corrected chi connectivity index (χ2v) is 9.98. The number of nitriles is 1. The maximum atomic E-state index is 13.6. The molecule has 0 fully saturated rings. The van der Waals surface area contributed by atoms with E-state index in [1.165, 1.54) is 15.5 Å².